The summed E-state index contributed by atoms with van der Waals surface area (Å²) in [6.45, 7) is 0.378. The molecule has 0 saturated heterocycles. The number of benzene rings is 2. The quantitative estimate of drug-likeness (QED) is 0.915. The van der Waals surface area contributed by atoms with E-state index in [1.807, 2.05) is 48.5 Å². The summed E-state index contributed by atoms with van der Waals surface area (Å²) < 4.78 is 0. The van der Waals surface area contributed by atoms with Gasteiger partial charge in [-0.25, -0.2) is 4.79 Å². The zero-order valence-corrected chi connectivity index (χ0v) is 12.6. The molecule has 118 valence electrons. The molecule has 23 heavy (non-hydrogen) atoms. The molecule has 0 bridgehead atoms. The topological polar surface area (TPSA) is 69.6 Å². The monoisotopic (exact) mass is 310 g/mol. The molecule has 0 aliphatic carbocycles. The smallest absolute Gasteiger partial charge is 0.411 e. The van der Waals surface area contributed by atoms with Crippen LogP contribution >= 0.6 is 0 Å². The molecule has 0 aromatic heterocycles. The molecule has 1 unspecified atom stereocenters. The summed E-state index contributed by atoms with van der Waals surface area (Å²) in [7, 11) is 0. The van der Waals surface area contributed by atoms with E-state index in [4.69, 9.17) is 0 Å². The Kier molecular flexibility index (Phi) is 4.28. The first-order valence-electron chi connectivity index (χ1n) is 7.58. The van der Waals surface area contributed by atoms with Gasteiger partial charge in [0.2, 0.25) is 5.91 Å². The van der Waals surface area contributed by atoms with Crippen LogP contribution in [0.1, 0.15) is 23.6 Å². The number of amides is 2. The van der Waals surface area contributed by atoms with Crippen molar-refractivity contribution in [3.05, 3.63) is 65.7 Å². The molecular formula is C18H18N2O3. The summed E-state index contributed by atoms with van der Waals surface area (Å²) >= 11 is 0. The maximum atomic E-state index is 12.3. The van der Waals surface area contributed by atoms with Gasteiger partial charge < -0.3 is 10.4 Å². The highest BCUT2D eigenvalue weighted by Gasteiger charge is 2.28. The molecule has 5 heteroatoms. The van der Waals surface area contributed by atoms with Crippen LogP contribution in [0.4, 0.5) is 10.5 Å². The highest BCUT2D eigenvalue weighted by Crippen LogP contribution is 2.33. The minimum absolute atomic E-state index is 0.0558. The first-order valence-corrected chi connectivity index (χ1v) is 7.58. The molecule has 0 radical (unpaired) electrons. The Morgan fingerprint density at radius 3 is 2.52 bits per heavy atom. The zero-order valence-electron chi connectivity index (χ0n) is 12.6. The lowest BCUT2D eigenvalue weighted by atomic mass is 9.96. The predicted molar refractivity (Wildman–Crippen MR) is 87.5 cm³/mol. The molecule has 2 aromatic rings. The second-order valence-corrected chi connectivity index (χ2v) is 5.56. The van der Waals surface area contributed by atoms with Gasteiger partial charge in [0.15, 0.2) is 0 Å². The highest BCUT2D eigenvalue weighted by atomic mass is 16.4. The van der Waals surface area contributed by atoms with E-state index in [0.717, 1.165) is 11.1 Å². The molecule has 1 aliphatic heterocycles. The summed E-state index contributed by atoms with van der Waals surface area (Å²) in [5, 5.41) is 12.3. The molecule has 0 fully saturated rings. The van der Waals surface area contributed by atoms with E-state index in [2.05, 4.69) is 5.32 Å². The van der Waals surface area contributed by atoms with Gasteiger partial charge in [0.25, 0.3) is 0 Å². The van der Waals surface area contributed by atoms with Crippen molar-refractivity contribution < 1.29 is 14.7 Å². The number of hydrogen-bond acceptors (Lipinski definition) is 2. The van der Waals surface area contributed by atoms with Crippen molar-refractivity contribution >= 4 is 17.7 Å². The Morgan fingerprint density at radius 2 is 1.78 bits per heavy atom. The normalized spacial score (nSPS) is 16.5. The molecule has 0 saturated carbocycles. The van der Waals surface area contributed by atoms with E-state index in [-0.39, 0.29) is 11.9 Å². The van der Waals surface area contributed by atoms with Crippen LogP contribution in [-0.4, -0.2) is 23.7 Å². The van der Waals surface area contributed by atoms with Crippen molar-refractivity contribution in [1.29, 1.82) is 0 Å². The molecule has 1 aliphatic rings. The molecular weight excluding hydrogens is 292 g/mol. The fourth-order valence-corrected chi connectivity index (χ4v) is 2.94. The van der Waals surface area contributed by atoms with E-state index >= 15 is 0 Å². The summed E-state index contributed by atoms with van der Waals surface area (Å²) in [4.78, 5) is 24.9. The van der Waals surface area contributed by atoms with Gasteiger partial charge in [0.1, 0.15) is 0 Å². The van der Waals surface area contributed by atoms with Crippen molar-refractivity contribution in [2.45, 2.75) is 18.9 Å². The van der Waals surface area contributed by atoms with Crippen molar-refractivity contribution in [2.24, 2.45) is 0 Å². The van der Waals surface area contributed by atoms with Crippen LogP contribution in [0.15, 0.2) is 54.6 Å². The standard InChI is InChI=1S/C18H18N2O3/c21-17(12-13-6-2-1-3-7-13)19-15-10-11-20(18(22)23)16-9-5-4-8-14(15)16/h1-9,15H,10-12H2,(H,19,21)(H,22,23). The Labute approximate surface area is 134 Å². The van der Waals surface area contributed by atoms with Crippen LogP contribution in [-0.2, 0) is 11.2 Å². The number of hydrogen-bond donors (Lipinski definition) is 2. The van der Waals surface area contributed by atoms with Gasteiger partial charge in [-0.3, -0.25) is 9.69 Å². The number of para-hydroxylation sites is 1. The average molecular weight is 310 g/mol. The second kappa shape index (κ2) is 6.52. The van der Waals surface area contributed by atoms with E-state index in [1.165, 1.54) is 4.90 Å². The van der Waals surface area contributed by atoms with Gasteiger partial charge in [-0.15, -0.1) is 0 Å². The summed E-state index contributed by atoms with van der Waals surface area (Å²) in [5.41, 5.74) is 2.46. The van der Waals surface area contributed by atoms with Gasteiger partial charge in [-0.2, -0.15) is 0 Å². The van der Waals surface area contributed by atoms with Gasteiger partial charge >= 0.3 is 6.09 Å². The number of rotatable bonds is 3. The van der Waals surface area contributed by atoms with E-state index in [9.17, 15) is 14.7 Å². The van der Waals surface area contributed by atoms with Crippen LogP contribution in [0.2, 0.25) is 0 Å². The molecule has 2 aromatic carbocycles. The Hall–Kier alpha value is -2.82. The Balaban J connectivity index is 1.75. The number of nitrogens with zero attached hydrogens (tertiary/aromatic N) is 1. The summed E-state index contributed by atoms with van der Waals surface area (Å²) in [6.07, 6.45) is -0.0714. The fourth-order valence-electron chi connectivity index (χ4n) is 2.94. The molecule has 5 nitrogen and oxygen atoms in total. The minimum atomic E-state index is -0.966. The van der Waals surface area contributed by atoms with Crippen LogP contribution in [0, 0.1) is 0 Å². The van der Waals surface area contributed by atoms with Gasteiger partial charge in [-0.05, 0) is 23.6 Å². The molecule has 3 rings (SSSR count). The van der Waals surface area contributed by atoms with E-state index < -0.39 is 6.09 Å². The number of nitrogens with one attached hydrogen (secondary N) is 1. The van der Waals surface area contributed by atoms with Crippen molar-refractivity contribution in [2.75, 3.05) is 11.4 Å². The maximum Gasteiger partial charge on any atom is 0.411 e. The first-order chi connectivity index (χ1) is 11.1. The lowest BCUT2D eigenvalue weighted by Crippen LogP contribution is -2.40. The zero-order chi connectivity index (χ0) is 16.2. The van der Waals surface area contributed by atoms with Gasteiger partial charge in [0, 0.05) is 6.54 Å². The summed E-state index contributed by atoms with van der Waals surface area (Å²) in [5.74, 6) is -0.0558. The average Bonchev–Trinajstić information content (AvgIpc) is 2.55. The Bertz CT molecular complexity index is 715. The van der Waals surface area contributed by atoms with Crippen LogP contribution in [0.3, 0.4) is 0 Å². The van der Waals surface area contributed by atoms with Crippen LogP contribution in [0.5, 0.6) is 0 Å². The molecule has 2 N–H and O–H groups in total. The van der Waals surface area contributed by atoms with Crippen molar-refractivity contribution in [3.8, 4) is 0 Å². The van der Waals surface area contributed by atoms with Crippen molar-refractivity contribution in [3.63, 3.8) is 0 Å². The lowest BCUT2D eigenvalue weighted by Gasteiger charge is -2.33. The lowest BCUT2D eigenvalue weighted by molar-refractivity contribution is -0.121. The first kappa shape index (κ1) is 15.1. The molecule has 0 spiro atoms. The van der Waals surface area contributed by atoms with Gasteiger partial charge in [0.05, 0.1) is 18.2 Å². The number of fused-ring (bicyclic) bond motifs is 1. The van der Waals surface area contributed by atoms with Crippen LogP contribution in [0.25, 0.3) is 0 Å². The number of carboxylic acid groups (broad SMARTS) is 1. The molecule has 1 heterocycles. The van der Waals surface area contributed by atoms with Crippen LogP contribution < -0.4 is 10.2 Å². The minimum Gasteiger partial charge on any atom is -0.465 e. The Morgan fingerprint density at radius 1 is 1.09 bits per heavy atom. The molecule has 1 atom stereocenters. The number of carbonyl (C=O) groups excluding carboxylic acids is 1. The predicted octanol–water partition coefficient (Wildman–Crippen LogP) is 2.97. The third kappa shape index (κ3) is 3.34. The maximum absolute atomic E-state index is 12.3. The molecule has 2 amide bonds. The van der Waals surface area contributed by atoms with E-state index in [1.54, 1.807) is 6.07 Å². The third-order valence-electron chi connectivity index (χ3n) is 4.02. The SMILES string of the molecule is O=C(Cc1ccccc1)NC1CCN(C(=O)O)c2ccccc21. The third-order valence-corrected chi connectivity index (χ3v) is 4.02. The highest BCUT2D eigenvalue weighted by molar-refractivity contribution is 5.88. The fraction of sp³-hybridized carbons (Fsp3) is 0.222. The van der Waals surface area contributed by atoms with Crippen molar-refractivity contribution in [1.82, 2.24) is 5.32 Å². The number of carbonyl (C=O) groups is 2. The number of anilines is 1. The summed E-state index contributed by atoms with van der Waals surface area (Å²) in [6, 6.07) is 16.7. The largest absolute Gasteiger partial charge is 0.465 e. The van der Waals surface area contributed by atoms with E-state index in [0.29, 0.717) is 25.1 Å². The van der Waals surface area contributed by atoms with Gasteiger partial charge in [-0.1, -0.05) is 48.5 Å². The second-order valence-electron chi connectivity index (χ2n) is 5.56.